The maximum atomic E-state index is 9.55. The van der Waals surface area contributed by atoms with E-state index in [-0.39, 0.29) is 0 Å². The highest BCUT2D eigenvalue weighted by Gasteiger charge is 2.12. The third-order valence-electron chi connectivity index (χ3n) is 2.47. The van der Waals surface area contributed by atoms with E-state index in [1.165, 1.54) is 5.56 Å². The van der Waals surface area contributed by atoms with Crippen LogP contribution in [0.2, 0.25) is 0 Å². The van der Waals surface area contributed by atoms with Crippen LogP contribution in [-0.2, 0) is 16.0 Å². The Balaban J connectivity index is 0.000000240. The zero-order valence-corrected chi connectivity index (χ0v) is 11.5. The molecule has 0 aromatic heterocycles. The highest BCUT2D eigenvalue weighted by Crippen LogP contribution is 2.32. The van der Waals surface area contributed by atoms with Crippen molar-refractivity contribution in [3.63, 3.8) is 0 Å². The molecule has 7 heteroatoms. The first-order chi connectivity index (χ1) is 10.0. The lowest BCUT2D eigenvalue weighted by molar-refractivity contribution is -0.134. The van der Waals surface area contributed by atoms with Gasteiger partial charge in [-0.2, -0.15) is 0 Å². The Morgan fingerprint density at radius 1 is 1.19 bits per heavy atom. The van der Waals surface area contributed by atoms with Gasteiger partial charge in [0.1, 0.15) is 0 Å². The second-order valence-electron chi connectivity index (χ2n) is 4.05. The molecule has 0 atom stereocenters. The zero-order valence-electron chi connectivity index (χ0n) is 11.5. The quantitative estimate of drug-likeness (QED) is 0.693. The van der Waals surface area contributed by atoms with Gasteiger partial charge >= 0.3 is 11.9 Å². The van der Waals surface area contributed by atoms with Gasteiger partial charge in [0.25, 0.3) is 0 Å². The van der Waals surface area contributed by atoms with E-state index in [2.05, 4.69) is 11.4 Å². The molecule has 0 saturated carbocycles. The molecule has 0 aliphatic carbocycles. The molecule has 1 aromatic rings. The van der Waals surface area contributed by atoms with Gasteiger partial charge in [-0.15, -0.1) is 0 Å². The second-order valence-corrected chi connectivity index (χ2v) is 4.05. The van der Waals surface area contributed by atoms with E-state index in [9.17, 15) is 9.59 Å². The predicted molar refractivity (Wildman–Crippen MR) is 74.6 cm³/mol. The molecule has 114 valence electrons. The van der Waals surface area contributed by atoms with Gasteiger partial charge in [0.2, 0.25) is 6.79 Å². The number of ether oxygens (including phenoxy) is 2. The van der Waals surface area contributed by atoms with Crippen LogP contribution in [0.1, 0.15) is 5.56 Å². The third kappa shape index (κ3) is 6.44. The monoisotopic (exact) mass is 295 g/mol. The van der Waals surface area contributed by atoms with Gasteiger partial charge in [0, 0.05) is 12.2 Å². The van der Waals surface area contributed by atoms with E-state index in [0.29, 0.717) is 18.9 Å². The van der Waals surface area contributed by atoms with Gasteiger partial charge in [-0.05, 0) is 37.7 Å². The number of carbonyl (C=O) groups is 2. The number of fused-ring (bicyclic) bond motifs is 1. The Kier molecular flexibility index (Phi) is 6.76. The maximum Gasteiger partial charge on any atom is 0.328 e. The van der Waals surface area contributed by atoms with Gasteiger partial charge < -0.3 is 25.0 Å². The van der Waals surface area contributed by atoms with Gasteiger partial charge in [0.05, 0.1) is 0 Å². The highest BCUT2D eigenvalue weighted by molar-refractivity contribution is 5.89. The van der Waals surface area contributed by atoms with E-state index >= 15 is 0 Å². The first-order valence-electron chi connectivity index (χ1n) is 6.20. The summed E-state index contributed by atoms with van der Waals surface area (Å²) in [6.45, 7) is 1.34. The van der Waals surface area contributed by atoms with Crippen LogP contribution < -0.4 is 14.8 Å². The molecule has 0 spiro atoms. The van der Waals surface area contributed by atoms with Crippen molar-refractivity contribution < 1.29 is 29.3 Å². The standard InChI is InChI=1S/C10H13NO2.C4H4O4/c1-11-5-4-8-2-3-9-10(6-8)13-7-12-9;5-3(6)1-2-4(7)8/h2-3,6,11H,4-5,7H2,1H3;1-2H,(H,5,6)(H,7,8)/b;2-1-. The van der Waals surface area contributed by atoms with Gasteiger partial charge in [-0.25, -0.2) is 9.59 Å². The van der Waals surface area contributed by atoms with E-state index in [0.717, 1.165) is 24.5 Å². The molecule has 0 fully saturated rings. The number of carboxylic acid groups (broad SMARTS) is 2. The number of likely N-dealkylation sites (N-methyl/N-ethyl adjacent to an activating group) is 1. The molecular weight excluding hydrogens is 278 g/mol. The van der Waals surface area contributed by atoms with Crippen molar-refractivity contribution in [2.75, 3.05) is 20.4 Å². The molecule has 3 N–H and O–H groups in total. The van der Waals surface area contributed by atoms with Crippen molar-refractivity contribution in [2.24, 2.45) is 0 Å². The first-order valence-corrected chi connectivity index (χ1v) is 6.20. The van der Waals surface area contributed by atoms with Gasteiger partial charge in [-0.3, -0.25) is 0 Å². The Bertz CT molecular complexity index is 510. The van der Waals surface area contributed by atoms with Crippen LogP contribution in [0.15, 0.2) is 30.4 Å². The molecule has 0 saturated heterocycles. The summed E-state index contributed by atoms with van der Waals surface area (Å²) in [5, 5.41) is 18.7. The molecule has 0 unspecified atom stereocenters. The summed E-state index contributed by atoms with van der Waals surface area (Å²) in [4.78, 5) is 19.1. The summed E-state index contributed by atoms with van der Waals surface area (Å²) in [7, 11) is 1.95. The molecule has 7 nitrogen and oxygen atoms in total. The largest absolute Gasteiger partial charge is 0.478 e. The lowest BCUT2D eigenvalue weighted by atomic mass is 10.1. The molecule has 1 aliphatic heterocycles. The third-order valence-corrected chi connectivity index (χ3v) is 2.47. The fourth-order valence-corrected chi connectivity index (χ4v) is 1.51. The van der Waals surface area contributed by atoms with Crippen molar-refractivity contribution in [1.29, 1.82) is 0 Å². The average Bonchev–Trinajstić information content (AvgIpc) is 2.91. The van der Waals surface area contributed by atoms with E-state index < -0.39 is 11.9 Å². The maximum absolute atomic E-state index is 9.55. The Morgan fingerprint density at radius 3 is 2.38 bits per heavy atom. The highest BCUT2D eigenvalue weighted by atomic mass is 16.7. The van der Waals surface area contributed by atoms with Crippen LogP contribution in [0.5, 0.6) is 11.5 Å². The number of hydrogen-bond donors (Lipinski definition) is 3. The number of hydrogen-bond acceptors (Lipinski definition) is 5. The molecule has 2 rings (SSSR count). The summed E-state index contributed by atoms with van der Waals surface area (Å²) in [6.07, 6.45) is 2.14. The zero-order chi connectivity index (χ0) is 15.7. The smallest absolute Gasteiger partial charge is 0.328 e. The Morgan fingerprint density at radius 2 is 1.81 bits per heavy atom. The van der Waals surface area contributed by atoms with Crippen molar-refractivity contribution in [3.05, 3.63) is 35.9 Å². The number of nitrogens with one attached hydrogen (secondary N) is 1. The number of benzene rings is 1. The molecule has 21 heavy (non-hydrogen) atoms. The van der Waals surface area contributed by atoms with Crippen LogP contribution in [0.25, 0.3) is 0 Å². The minimum absolute atomic E-state index is 0.352. The lowest BCUT2D eigenvalue weighted by Gasteiger charge is -2.01. The summed E-state index contributed by atoms with van der Waals surface area (Å²) in [5.41, 5.74) is 1.28. The molecular formula is C14H17NO6. The molecule has 1 aromatic carbocycles. The minimum atomic E-state index is -1.26. The average molecular weight is 295 g/mol. The van der Waals surface area contributed by atoms with Crippen LogP contribution >= 0.6 is 0 Å². The van der Waals surface area contributed by atoms with Crippen molar-refractivity contribution >= 4 is 11.9 Å². The van der Waals surface area contributed by atoms with E-state index in [1.807, 2.05) is 19.2 Å². The summed E-state index contributed by atoms with van der Waals surface area (Å²) in [6, 6.07) is 6.08. The topological polar surface area (TPSA) is 105 Å². The van der Waals surface area contributed by atoms with Crippen molar-refractivity contribution in [3.8, 4) is 11.5 Å². The SMILES string of the molecule is CNCCc1ccc2c(c1)OCO2.O=C(O)/C=C\C(=O)O. The van der Waals surface area contributed by atoms with Gasteiger partial charge in [-0.1, -0.05) is 6.07 Å². The van der Waals surface area contributed by atoms with Crippen molar-refractivity contribution in [2.45, 2.75) is 6.42 Å². The van der Waals surface area contributed by atoms with Crippen LogP contribution in [0.3, 0.4) is 0 Å². The summed E-state index contributed by atoms with van der Waals surface area (Å²) >= 11 is 0. The molecule has 0 bridgehead atoms. The van der Waals surface area contributed by atoms with Crippen LogP contribution in [0, 0.1) is 0 Å². The summed E-state index contributed by atoms with van der Waals surface area (Å²) < 4.78 is 10.5. The predicted octanol–water partition coefficient (Wildman–Crippen LogP) is 0.889. The molecule has 0 amide bonds. The molecule has 1 aliphatic rings. The number of carboxylic acids is 2. The van der Waals surface area contributed by atoms with E-state index in [4.69, 9.17) is 19.7 Å². The van der Waals surface area contributed by atoms with E-state index in [1.54, 1.807) is 0 Å². The number of aliphatic carboxylic acids is 2. The lowest BCUT2D eigenvalue weighted by Crippen LogP contribution is -2.10. The van der Waals surface area contributed by atoms with Gasteiger partial charge in [0.15, 0.2) is 11.5 Å². The fourth-order valence-electron chi connectivity index (χ4n) is 1.51. The normalized spacial score (nSPS) is 11.9. The minimum Gasteiger partial charge on any atom is -0.478 e. The van der Waals surface area contributed by atoms with Crippen LogP contribution in [-0.4, -0.2) is 42.5 Å². The summed E-state index contributed by atoms with van der Waals surface area (Å²) in [5.74, 6) is -0.790. The first kappa shape index (κ1) is 16.5. The molecule has 0 radical (unpaired) electrons. The second kappa shape index (κ2) is 8.60. The van der Waals surface area contributed by atoms with Crippen LogP contribution in [0.4, 0.5) is 0 Å². The van der Waals surface area contributed by atoms with Crippen molar-refractivity contribution in [1.82, 2.24) is 5.32 Å². The number of rotatable bonds is 5. The Hall–Kier alpha value is -2.54. The Labute approximate surface area is 121 Å². The molecule has 1 heterocycles. The fraction of sp³-hybridized carbons (Fsp3) is 0.286.